The van der Waals surface area contributed by atoms with E-state index in [2.05, 4.69) is 0 Å². The fourth-order valence-electron chi connectivity index (χ4n) is 1.07. The molecule has 0 aromatic heterocycles. The summed E-state index contributed by atoms with van der Waals surface area (Å²) in [5.74, 6) is 0. The molecule has 0 N–H and O–H groups in total. The summed E-state index contributed by atoms with van der Waals surface area (Å²) >= 11 is 0. The van der Waals surface area contributed by atoms with E-state index < -0.39 is 8.74 Å². The number of rotatable bonds is 0. The Morgan fingerprint density at radius 2 is 1.38 bits per heavy atom. The summed E-state index contributed by atoms with van der Waals surface area (Å²) in [6.45, 7) is 0. The van der Waals surface area contributed by atoms with Gasteiger partial charge in [-0.05, 0) is 12.1 Å². The molecule has 0 aliphatic carbocycles. The summed E-state index contributed by atoms with van der Waals surface area (Å²) < 4.78 is 24.7. The van der Waals surface area contributed by atoms with Crippen LogP contribution in [0.3, 0.4) is 0 Å². The van der Waals surface area contributed by atoms with Gasteiger partial charge in [-0.2, -0.15) is 0 Å². The van der Waals surface area contributed by atoms with Gasteiger partial charge in [0.15, 0.2) is 0 Å². The van der Waals surface area contributed by atoms with Gasteiger partial charge in [0.05, 0.1) is 0 Å². The van der Waals surface area contributed by atoms with E-state index >= 15 is 0 Å². The minimum absolute atomic E-state index is 0.257. The van der Waals surface area contributed by atoms with Crippen LogP contribution in [0.4, 0.5) is 8.22 Å². The Hall–Kier alpha value is 0.0769. The average molecular weight is 136 g/mol. The fraction of sp³-hybridized carbons (Fsp3) is 1.00. The summed E-state index contributed by atoms with van der Waals surface area (Å²) in [7, 11) is -3.59. The molecule has 1 rings (SSSR count). The summed E-state index contributed by atoms with van der Waals surface area (Å²) in [6.07, 6.45) is 2.58. The third-order valence-corrected chi connectivity index (χ3v) is 3.76. The van der Waals surface area contributed by atoms with Crippen LogP contribution in [-0.2, 0) is 0 Å². The standard InChI is InChI=1S/C5H10F2Si/c6-8(7)4-2-1-3-5-8/h1-5H2. The Morgan fingerprint density at radius 3 is 1.62 bits per heavy atom. The zero-order valence-electron chi connectivity index (χ0n) is 4.79. The topological polar surface area (TPSA) is 0 Å². The van der Waals surface area contributed by atoms with Crippen LogP contribution in [0.5, 0.6) is 0 Å². The molecule has 1 aliphatic rings. The first-order valence-corrected chi connectivity index (χ1v) is 5.26. The van der Waals surface area contributed by atoms with Crippen LogP contribution < -0.4 is 0 Å². The van der Waals surface area contributed by atoms with Crippen LogP contribution in [0, 0.1) is 0 Å². The average Bonchev–Trinajstić information content (AvgIpc) is 1.65. The molecule has 0 radical (unpaired) electrons. The maximum Gasteiger partial charge on any atom is 0.425 e. The zero-order valence-corrected chi connectivity index (χ0v) is 5.79. The van der Waals surface area contributed by atoms with Crippen molar-refractivity contribution in [3.63, 3.8) is 0 Å². The molecule has 0 bridgehead atoms. The van der Waals surface area contributed by atoms with E-state index in [0.717, 1.165) is 19.3 Å². The Balaban J connectivity index is 2.33. The lowest BCUT2D eigenvalue weighted by Crippen LogP contribution is -2.24. The SMILES string of the molecule is F[Si]1(F)CCCCC1. The summed E-state index contributed by atoms with van der Waals surface area (Å²) in [5, 5.41) is 0. The Bertz CT molecular complexity index is 74.5. The maximum atomic E-state index is 12.3. The lowest BCUT2D eigenvalue weighted by molar-refractivity contribution is 0.530. The Kier molecular flexibility index (Phi) is 1.65. The monoisotopic (exact) mass is 136 g/mol. The van der Waals surface area contributed by atoms with Crippen molar-refractivity contribution in [3.8, 4) is 0 Å². The molecule has 0 aromatic carbocycles. The van der Waals surface area contributed by atoms with Crippen molar-refractivity contribution in [2.45, 2.75) is 31.4 Å². The second-order valence-electron chi connectivity index (χ2n) is 2.42. The minimum atomic E-state index is -3.59. The summed E-state index contributed by atoms with van der Waals surface area (Å²) in [5.41, 5.74) is 0. The highest BCUT2D eigenvalue weighted by molar-refractivity contribution is 6.66. The third-order valence-electron chi connectivity index (χ3n) is 1.59. The molecular weight excluding hydrogens is 126 g/mol. The van der Waals surface area contributed by atoms with Crippen LogP contribution in [0.25, 0.3) is 0 Å². The van der Waals surface area contributed by atoms with Crippen molar-refractivity contribution in [3.05, 3.63) is 0 Å². The second kappa shape index (κ2) is 2.13. The normalized spacial score (nSPS) is 27.8. The van der Waals surface area contributed by atoms with Gasteiger partial charge in [0.25, 0.3) is 0 Å². The highest BCUT2D eigenvalue weighted by Gasteiger charge is 2.36. The van der Waals surface area contributed by atoms with Crippen LogP contribution in [0.2, 0.25) is 12.1 Å². The molecule has 1 saturated heterocycles. The Morgan fingerprint density at radius 1 is 0.875 bits per heavy atom. The number of hydrogen-bond donors (Lipinski definition) is 0. The van der Waals surface area contributed by atoms with E-state index in [4.69, 9.17) is 0 Å². The largest absolute Gasteiger partial charge is 0.425 e. The number of hydrogen-bond acceptors (Lipinski definition) is 0. The predicted octanol–water partition coefficient (Wildman–Crippen LogP) is 2.55. The van der Waals surface area contributed by atoms with Crippen molar-refractivity contribution >= 4 is 8.74 Å². The highest BCUT2D eigenvalue weighted by atomic mass is 28.4. The molecule has 0 atom stereocenters. The van der Waals surface area contributed by atoms with E-state index in [1.165, 1.54) is 0 Å². The summed E-state index contributed by atoms with van der Waals surface area (Å²) in [4.78, 5) is 0. The van der Waals surface area contributed by atoms with Crippen LogP contribution in [0.1, 0.15) is 19.3 Å². The maximum absolute atomic E-state index is 12.3. The molecule has 0 nitrogen and oxygen atoms in total. The quantitative estimate of drug-likeness (QED) is 0.354. The van der Waals surface area contributed by atoms with Gasteiger partial charge in [-0.3, -0.25) is 8.22 Å². The molecule has 0 saturated carbocycles. The zero-order chi connectivity index (χ0) is 6.04. The molecule has 8 heavy (non-hydrogen) atoms. The van der Waals surface area contributed by atoms with Gasteiger partial charge < -0.3 is 0 Å². The van der Waals surface area contributed by atoms with E-state index in [-0.39, 0.29) is 12.1 Å². The molecule has 0 aromatic rings. The van der Waals surface area contributed by atoms with E-state index in [1.54, 1.807) is 0 Å². The molecule has 0 amide bonds. The van der Waals surface area contributed by atoms with Gasteiger partial charge >= 0.3 is 8.74 Å². The van der Waals surface area contributed by atoms with E-state index in [0.29, 0.717) is 0 Å². The van der Waals surface area contributed by atoms with Gasteiger partial charge in [-0.25, -0.2) is 0 Å². The molecule has 3 heteroatoms. The summed E-state index contributed by atoms with van der Waals surface area (Å²) in [6, 6.07) is 0.514. The molecule has 0 spiro atoms. The third kappa shape index (κ3) is 1.54. The molecule has 0 unspecified atom stereocenters. The predicted molar refractivity (Wildman–Crippen MR) is 31.4 cm³/mol. The highest BCUT2D eigenvalue weighted by Crippen LogP contribution is 2.29. The van der Waals surface area contributed by atoms with E-state index in [1.807, 2.05) is 0 Å². The van der Waals surface area contributed by atoms with Gasteiger partial charge in [0.1, 0.15) is 0 Å². The Labute approximate surface area is 49.3 Å². The van der Waals surface area contributed by atoms with E-state index in [9.17, 15) is 8.22 Å². The smallest absolute Gasteiger partial charge is 0.270 e. The van der Waals surface area contributed by atoms with Crippen molar-refractivity contribution in [1.29, 1.82) is 0 Å². The fourth-order valence-corrected chi connectivity index (χ4v) is 2.85. The first kappa shape index (κ1) is 6.20. The van der Waals surface area contributed by atoms with Gasteiger partial charge in [-0.1, -0.05) is 19.3 Å². The number of halogens is 2. The van der Waals surface area contributed by atoms with Crippen molar-refractivity contribution < 1.29 is 8.22 Å². The van der Waals surface area contributed by atoms with Gasteiger partial charge in [0.2, 0.25) is 0 Å². The molecule has 48 valence electrons. The molecule has 1 fully saturated rings. The van der Waals surface area contributed by atoms with Crippen molar-refractivity contribution in [2.24, 2.45) is 0 Å². The lowest BCUT2D eigenvalue weighted by Gasteiger charge is -2.16. The molecular formula is C5H10F2Si. The minimum Gasteiger partial charge on any atom is -0.270 e. The lowest BCUT2D eigenvalue weighted by atomic mass is 10.3. The van der Waals surface area contributed by atoms with Crippen molar-refractivity contribution in [1.82, 2.24) is 0 Å². The van der Waals surface area contributed by atoms with Crippen LogP contribution in [-0.4, -0.2) is 8.74 Å². The van der Waals surface area contributed by atoms with Crippen LogP contribution >= 0.6 is 0 Å². The van der Waals surface area contributed by atoms with Crippen LogP contribution in [0.15, 0.2) is 0 Å². The molecule has 1 aliphatic heterocycles. The second-order valence-corrected chi connectivity index (χ2v) is 5.13. The van der Waals surface area contributed by atoms with Gasteiger partial charge in [-0.15, -0.1) is 0 Å². The van der Waals surface area contributed by atoms with Crippen molar-refractivity contribution in [2.75, 3.05) is 0 Å². The molecule has 1 heterocycles. The first-order valence-electron chi connectivity index (χ1n) is 3.09. The first-order chi connectivity index (χ1) is 3.71. The van der Waals surface area contributed by atoms with Gasteiger partial charge in [0, 0.05) is 0 Å².